The van der Waals surface area contributed by atoms with E-state index in [1.807, 2.05) is 38.1 Å². The number of nitrogens with one attached hydrogen (secondary N) is 1. The van der Waals surface area contributed by atoms with E-state index in [2.05, 4.69) is 5.32 Å². The smallest absolute Gasteiger partial charge is 0.241 e. The zero-order chi connectivity index (χ0) is 13.1. The highest BCUT2D eigenvalue weighted by molar-refractivity contribution is 5.85. The standard InChI is InChI=1S/C14H20N2O2.ClH/c1-9-3-5-11(6-4-9)13(15)14(17)16-12-7-8-18-10(12)2;/h3-6,10,12-13H,7-8,15H2,1-2H3,(H,16,17);1H. The van der Waals surface area contributed by atoms with Gasteiger partial charge in [0, 0.05) is 6.61 Å². The Hall–Kier alpha value is -1.10. The van der Waals surface area contributed by atoms with E-state index in [0.717, 1.165) is 17.5 Å². The highest BCUT2D eigenvalue weighted by Gasteiger charge is 2.27. The Bertz CT molecular complexity index is 422. The number of amides is 1. The number of carbonyl (C=O) groups is 1. The van der Waals surface area contributed by atoms with Crippen LogP contribution in [-0.2, 0) is 9.53 Å². The molecule has 4 nitrogen and oxygen atoms in total. The molecule has 1 aromatic carbocycles. The van der Waals surface area contributed by atoms with Crippen molar-refractivity contribution in [3.05, 3.63) is 35.4 Å². The van der Waals surface area contributed by atoms with Gasteiger partial charge in [-0.15, -0.1) is 12.4 Å². The van der Waals surface area contributed by atoms with Gasteiger partial charge in [-0.2, -0.15) is 0 Å². The van der Waals surface area contributed by atoms with Gasteiger partial charge in [-0.3, -0.25) is 4.79 Å². The number of hydrogen-bond acceptors (Lipinski definition) is 3. The van der Waals surface area contributed by atoms with Crippen LogP contribution in [0.15, 0.2) is 24.3 Å². The Morgan fingerprint density at radius 3 is 2.58 bits per heavy atom. The minimum atomic E-state index is -0.613. The van der Waals surface area contributed by atoms with Crippen molar-refractivity contribution in [1.29, 1.82) is 0 Å². The van der Waals surface area contributed by atoms with Crippen LogP contribution in [0.4, 0.5) is 0 Å². The summed E-state index contributed by atoms with van der Waals surface area (Å²) in [4.78, 5) is 12.0. The van der Waals surface area contributed by atoms with E-state index in [1.165, 1.54) is 0 Å². The van der Waals surface area contributed by atoms with Gasteiger partial charge in [0.25, 0.3) is 0 Å². The van der Waals surface area contributed by atoms with E-state index >= 15 is 0 Å². The number of nitrogens with two attached hydrogens (primary N) is 1. The van der Waals surface area contributed by atoms with E-state index in [0.29, 0.717) is 6.61 Å². The highest BCUT2D eigenvalue weighted by atomic mass is 35.5. The fourth-order valence-electron chi connectivity index (χ4n) is 2.12. The van der Waals surface area contributed by atoms with Crippen LogP contribution in [0, 0.1) is 6.92 Å². The molecule has 1 fully saturated rings. The molecule has 0 radical (unpaired) electrons. The average molecular weight is 285 g/mol. The molecule has 0 aliphatic carbocycles. The van der Waals surface area contributed by atoms with Crippen LogP contribution in [0.2, 0.25) is 0 Å². The summed E-state index contributed by atoms with van der Waals surface area (Å²) in [6.07, 6.45) is 0.923. The first kappa shape index (κ1) is 16.0. The Morgan fingerprint density at radius 2 is 2.05 bits per heavy atom. The van der Waals surface area contributed by atoms with E-state index < -0.39 is 6.04 Å². The maximum Gasteiger partial charge on any atom is 0.241 e. The lowest BCUT2D eigenvalue weighted by atomic mass is 10.0. The van der Waals surface area contributed by atoms with Crippen molar-refractivity contribution in [1.82, 2.24) is 5.32 Å². The van der Waals surface area contributed by atoms with Crippen LogP contribution in [0.25, 0.3) is 0 Å². The minimum Gasteiger partial charge on any atom is -0.376 e. The predicted molar refractivity (Wildman–Crippen MR) is 77.3 cm³/mol. The first-order chi connectivity index (χ1) is 8.58. The van der Waals surface area contributed by atoms with Crippen LogP contribution < -0.4 is 11.1 Å². The van der Waals surface area contributed by atoms with Crippen LogP contribution in [0.3, 0.4) is 0 Å². The van der Waals surface area contributed by atoms with Crippen molar-refractivity contribution < 1.29 is 9.53 Å². The van der Waals surface area contributed by atoms with Crippen molar-refractivity contribution in [2.75, 3.05) is 6.61 Å². The predicted octanol–water partition coefficient (Wildman–Crippen LogP) is 1.71. The maximum absolute atomic E-state index is 12.0. The van der Waals surface area contributed by atoms with Crippen LogP contribution in [0.5, 0.6) is 0 Å². The summed E-state index contributed by atoms with van der Waals surface area (Å²) in [5, 5.41) is 2.95. The third kappa shape index (κ3) is 3.93. The number of benzene rings is 1. The lowest BCUT2D eigenvalue weighted by Gasteiger charge is -2.19. The highest BCUT2D eigenvalue weighted by Crippen LogP contribution is 2.16. The van der Waals surface area contributed by atoms with Gasteiger partial charge in [-0.05, 0) is 25.8 Å². The molecule has 106 valence electrons. The van der Waals surface area contributed by atoms with Crippen LogP contribution >= 0.6 is 12.4 Å². The Kier molecular flexibility index (Phi) is 5.79. The lowest BCUT2D eigenvalue weighted by Crippen LogP contribution is -2.43. The lowest BCUT2D eigenvalue weighted by molar-refractivity contribution is -0.123. The number of rotatable bonds is 3. The normalized spacial score (nSPS) is 23.5. The van der Waals surface area contributed by atoms with Gasteiger partial charge in [-0.25, -0.2) is 0 Å². The maximum atomic E-state index is 12.0. The zero-order valence-corrected chi connectivity index (χ0v) is 12.1. The van der Waals surface area contributed by atoms with Gasteiger partial charge in [0.15, 0.2) is 0 Å². The molecule has 1 aromatic rings. The largest absolute Gasteiger partial charge is 0.376 e. The van der Waals surface area contributed by atoms with Gasteiger partial charge in [0.05, 0.1) is 12.1 Å². The Labute approximate surface area is 120 Å². The molecule has 3 unspecified atom stereocenters. The van der Waals surface area contributed by atoms with Crippen molar-refractivity contribution in [3.63, 3.8) is 0 Å². The van der Waals surface area contributed by atoms with Gasteiger partial charge < -0.3 is 15.8 Å². The first-order valence-electron chi connectivity index (χ1n) is 6.32. The quantitative estimate of drug-likeness (QED) is 0.888. The van der Waals surface area contributed by atoms with E-state index in [1.54, 1.807) is 0 Å². The summed E-state index contributed by atoms with van der Waals surface area (Å²) in [5.74, 6) is -0.138. The summed E-state index contributed by atoms with van der Waals surface area (Å²) in [6.45, 7) is 4.67. The van der Waals surface area contributed by atoms with Gasteiger partial charge in [0.1, 0.15) is 6.04 Å². The SMILES string of the molecule is Cc1ccc(C(N)C(=O)NC2CCOC2C)cc1.Cl. The van der Waals surface area contributed by atoms with Gasteiger partial charge in [-0.1, -0.05) is 29.8 Å². The molecular weight excluding hydrogens is 264 g/mol. The molecule has 1 heterocycles. The van der Waals surface area contributed by atoms with Crippen molar-refractivity contribution in [2.45, 2.75) is 38.5 Å². The first-order valence-corrected chi connectivity index (χ1v) is 6.32. The number of carbonyl (C=O) groups excluding carboxylic acids is 1. The summed E-state index contributed by atoms with van der Waals surface area (Å²) in [6, 6.07) is 7.18. The third-order valence-electron chi connectivity index (χ3n) is 3.42. The molecule has 3 N–H and O–H groups in total. The molecular formula is C14H21ClN2O2. The molecule has 5 heteroatoms. The third-order valence-corrected chi connectivity index (χ3v) is 3.42. The van der Waals surface area contributed by atoms with Crippen molar-refractivity contribution in [3.8, 4) is 0 Å². The summed E-state index contributed by atoms with van der Waals surface area (Å²) in [7, 11) is 0. The number of aryl methyl sites for hydroxylation is 1. The monoisotopic (exact) mass is 284 g/mol. The fourth-order valence-corrected chi connectivity index (χ4v) is 2.12. The summed E-state index contributed by atoms with van der Waals surface area (Å²) >= 11 is 0. The number of ether oxygens (including phenoxy) is 1. The van der Waals surface area contributed by atoms with Crippen molar-refractivity contribution >= 4 is 18.3 Å². The molecule has 0 spiro atoms. The second kappa shape index (κ2) is 6.89. The van der Waals surface area contributed by atoms with Crippen molar-refractivity contribution in [2.24, 2.45) is 5.73 Å². The molecule has 19 heavy (non-hydrogen) atoms. The van der Waals surface area contributed by atoms with E-state index in [-0.39, 0.29) is 30.5 Å². The average Bonchev–Trinajstić information content (AvgIpc) is 2.75. The topological polar surface area (TPSA) is 64.4 Å². The second-order valence-corrected chi connectivity index (χ2v) is 4.87. The molecule has 0 saturated carbocycles. The Balaban J connectivity index is 0.00000180. The summed E-state index contributed by atoms with van der Waals surface area (Å²) in [5.41, 5.74) is 7.95. The molecule has 0 bridgehead atoms. The van der Waals surface area contributed by atoms with Gasteiger partial charge >= 0.3 is 0 Å². The number of halogens is 1. The second-order valence-electron chi connectivity index (χ2n) is 4.87. The molecule has 1 aliphatic heterocycles. The van der Waals surface area contributed by atoms with E-state index in [9.17, 15) is 4.79 Å². The van der Waals surface area contributed by atoms with E-state index in [4.69, 9.17) is 10.5 Å². The minimum absolute atomic E-state index is 0. The fraction of sp³-hybridized carbons (Fsp3) is 0.500. The molecule has 1 aliphatic rings. The summed E-state index contributed by atoms with van der Waals surface area (Å²) < 4.78 is 5.41. The van der Waals surface area contributed by atoms with Crippen LogP contribution in [-0.4, -0.2) is 24.7 Å². The molecule has 0 aromatic heterocycles. The Morgan fingerprint density at radius 1 is 1.42 bits per heavy atom. The number of hydrogen-bond donors (Lipinski definition) is 2. The van der Waals surface area contributed by atoms with Gasteiger partial charge in [0.2, 0.25) is 5.91 Å². The molecule has 1 amide bonds. The zero-order valence-electron chi connectivity index (χ0n) is 11.3. The van der Waals surface area contributed by atoms with Crippen LogP contribution in [0.1, 0.15) is 30.5 Å². The molecule has 3 atom stereocenters. The molecule has 2 rings (SSSR count). The molecule has 1 saturated heterocycles.